The number of cyclic esters (lactones) is 1. The average Bonchev–Trinajstić information content (AvgIpc) is 2.71. The van der Waals surface area contributed by atoms with Crippen molar-refractivity contribution in [1.82, 2.24) is 10.3 Å². The number of amides is 1. The average molecular weight is 394 g/mol. The molecular weight excluding hydrogens is 364 g/mol. The minimum atomic E-state index is -0.883. The fraction of sp³-hybridized carbons (Fsp3) is 0.650. The van der Waals surface area contributed by atoms with Crippen LogP contribution in [0.15, 0.2) is 12.3 Å². The molecule has 1 amide bonds. The number of hydrogen-bond acceptors (Lipinski definition) is 7. The number of carbonyl (C=O) groups is 2. The highest BCUT2D eigenvalue weighted by Crippen LogP contribution is 2.27. The molecule has 0 unspecified atom stereocenters. The lowest BCUT2D eigenvalue weighted by Gasteiger charge is -2.24. The first-order chi connectivity index (χ1) is 13.3. The van der Waals surface area contributed by atoms with Crippen molar-refractivity contribution in [2.24, 2.45) is 11.8 Å². The van der Waals surface area contributed by atoms with E-state index in [1.165, 1.54) is 19.4 Å². The summed E-state index contributed by atoms with van der Waals surface area (Å²) in [5.41, 5.74) is -0.212. The molecule has 2 heterocycles. The van der Waals surface area contributed by atoms with Crippen molar-refractivity contribution in [3.05, 3.63) is 18.0 Å². The Hall–Kier alpha value is -2.35. The largest absolute Gasteiger partial charge is 0.503 e. The third kappa shape index (κ3) is 5.82. The Bertz CT molecular complexity index is 679. The lowest BCUT2D eigenvalue weighted by atomic mass is 9.94. The molecule has 0 saturated carbocycles. The molecule has 1 aromatic heterocycles. The summed E-state index contributed by atoms with van der Waals surface area (Å²) < 4.78 is 16.3. The highest BCUT2D eigenvalue weighted by Gasteiger charge is 2.30. The van der Waals surface area contributed by atoms with Crippen LogP contribution in [0.3, 0.4) is 0 Å². The topological polar surface area (TPSA) is 107 Å². The predicted octanol–water partition coefficient (Wildman–Crippen LogP) is 2.30. The van der Waals surface area contributed by atoms with Gasteiger partial charge in [0, 0.05) is 31.2 Å². The zero-order chi connectivity index (χ0) is 20.7. The van der Waals surface area contributed by atoms with Crippen molar-refractivity contribution in [2.75, 3.05) is 20.3 Å². The van der Waals surface area contributed by atoms with Gasteiger partial charge in [-0.2, -0.15) is 0 Å². The normalized spacial score (nSPS) is 23.3. The van der Waals surface area contributed by atoms with E-state index in [2.05, 4.69) is 24.1 Å². The van der Waals surface area contributed by atoms with Crippen LogP contribution in [0.1, 0.15) is 50.5 Å². The minimum absolute atomic E-state index is 0.116. The van der Waals surface area contributed by atoms with Gasteiger partial charge in [-0.25, -0.2) is 9.78 Å². The zero-order valence-electron chi connectivity index (χ0n) is 16.9. The molecule has 28 heavy (non-hydrogen) atoms. The van der Waals surface area contributed by atoms with Gasteiger partial charge in [0.1, 0.15) is 12.1 Å². The molecule has 0 radical (unpaired) electrons. The molecular formula is C20H30N2O6. The number of hydrogen-bond donors (Lipinski definition) is 2. The number of esters is 1. The van der Waals surface area contributed by atoms with E-state index >= 15 is 0 Å². The summed E-state index contributed by atoms with van der Waals surface area (Å²) in [5, 5.41) is 12.7. The smallest absolute Gasteiger partial charge is 0.329 e. The van der Waals surface area contributed by atoms with Crippen molar-refractivity contribution in [1.29, 1.82) is 0 Å². The van der Waals surface area contributed by atoms with Crippen LogP contribution in [0.25, 0.3) is 0 Å². The Morgan fingerprint density at radius 3 is 2.89 bits per heavy atom. The fourth-order valence-corrected chi connectivity index (χ4v) is 3.04. The molecule has 1 saturated heterocycles. The molecule has 2 N–H and O–H groups in total. The molecule has 156 valence electrons. The SMILES string of the molecule is COc1ccnc(C(=O)N[C@H]2CCOC[C@@H](CCC(C)C)[C@H](C)OC2=O)c1O. The van der Waals surface area contributed by atoms with Crippen LogP contribution < -0.4 is 10.1 Å². The lowest BCUT2D eigenvalue weighted by Crippen LogP contribution is -2.43. The van der Waals surface area contributed by atoms with Crippen molar-refractivity contribution in [2.45, 2.75) is 52.2 Å². The number of nitrogens with one attached hydrogen (secondary N) is 1. The number of rotatable bonds is 6. The third-order valence-corrected chi connectivity index (χ3v) is 4.88. The van der Waals surface area contributed by atoms with Gasteiger partial charge in [0.05, 0.1) is 13.7 Å². The Morgan fingerprint density at radius 2 is 2.21 bits per heavy atom. The van der Waals surface area contributed by atoms with Gasteiger partial charge in [-0.05, 0) is 19.3 Å². The predicted molar refractivity (Wildman–Crippen MR) is 102 cm³/mol. The van der Waals surface area contributed by atoms with Crippen molar-refractivity contribution in [3.63, 3.8) is 0 Å². The Labute approximate surface area is 165 Å². The van der Waals surface area contributed by atoms with Gasteiger partial charge >= 0.3 is 5.97 Å². The molecule has 0 bridgehead atoms. The quantitative estimate of drug-likeness (QED) is 0.713. The second-order valence-electron chi connectivity index (χ2n) is 7.47. The van der Waals surface area contributed by atoms with E-state index in [1.54, 1.807) is 0 Å². The summed E-state index contributed by atoms with van der Waals surface area (Å²) in [4.78, 5) is 29.0. The summed E-state index contributed by atoms with van der Waals surface area (Å²) in [6.07, 6.45) is 3.24. The van der Waals surface area contributed by atoms with E-state index in [-0.39, 0.29) is 35.6 Å². The molecule has 1 fully saturated rings. The van der Waals surface area contributed by atoms with E-state index in [0.29, 0.717) is 19.1 Å². The second kappa shape index (κ2) is 10.3. The zero-order valence-corrected chi connectivity index (χ0v) is 16.9. The number of ether oxygens (including phenoxy) is 3. The van der Waals surface area contributed by atoms with Crippen molar-refractivity contribution < 1.29 is 28.9 Å². The highest BCUT2D eigenvalue weighted by molar-refractivity contribution is 5.97. The Morgan fingerprint density at radius 1 is 1.46 bits per heavy atom. The van der Waals surface area contributed by atoms with Crippen LogP contribution in [0, 0.1) is 11.8 Å². The van der Waals surface area contributed by atoms with E-state index in [4.69, 9.17) is 14.2 Å². The maximum Gasteiger partial charge on any atom is 0.329 e. The molecule has 1 aromatic rings. The number of aromatic hydroxyl groups is 1. The molecule has 3 atom stereocenters. The lowest BCUT2D eigenvalue weighted by molar-refractivity contribution is -0.153. The monoisotopic (exact) mass is 394 g/mol. The standard InChI is InChI=1S/C20H30N2O6/c1-12(2)5-6-14-11-27-10-8-15(20(25)28-13(14)3)22-19(24)17-18(23)16(26-4)7-9-21-17/h7,9,12-15,23H,5-6,8,10-11H2,1-4H3,(H,22,24)/t13-,14+,15-/m0/s1. The molecule has 0 aromatic carbocycles. The van der Waals surface area contributed by atoms with Crippen LogP contribution in [0.4, 0.5) is 0 Å². The summed E-state index contributed by atoms with van der Waals surface area (Å²) in [7, 11) is 1.38. The summed E-state index contributed by atoms with van der Waals surface area (Å²) in [6.45, 7) is 7.00. The maximum atomic E-state index is 12.6. The van der Waals surface area contributed by atoms with Crippen LogP contribution in [-0.2, 0) is 14.3 Å². The van der Waals surface area contributed by atoms with E-state index in [1.807, 2.05) is 6.92 Å². The Balaban J connectivity index is 2.06. The molecule has 8 heteroatoms. The first-order valence-electron chi connectivity index (χ1n) is 9.64. The molecule has 0 aliphatic carbocycles. The summed E-state index contributed by atoms with van der Waals surface area (Å²) in [6, 6.07) is 0.555. The molecule has 1 aliphatic heterocycles. The van der Waals surface area contributed by atoms with Gasteiger partial charge in [0.25, 0.3) is 5.91 Å². The number of carbonyl (C=O) groups excluding carboxylic acids is 2. The van der Waals surface area contributed by atoms with Crippen molar-refractivity contribution >= 4 is 11.9 Å². The minimum Gasteiger partial charge on any atom is -0.503 e. The summed E-state index contributed by atoms with van der Waals surface area (Å²) >= 11 is 0. The first-order valence-corrected chi connectivity index (χ1v) is 9.64. The van der Waals surface area contributed by atoms with Crippen LogP contribution in [0.5, 0.6) is 11.5 Å². The van der Waals surface area contributed by atoms with Gasteiger partial charge in [-0.3, -0.25) is 4.79 Å². The van der Waals surface area contributed by atoms with Gasteiger partial charge in [0.2, 0.25) is 0 Å². The van der Waals surface area contributed by atoms with Crippen LogP contribution in [-0.4, -0.2) is 54.4 Å². The van der Waals surface area contributed by atoms with Gasteiger partial charge in [0.15, 0.2) is 17.2 Å². The summed E-state index contributed by atoms with van der Waals surface area (Å²) in [5.74, 6) is -0.764. The fourth-order valence-electron chi connectivity index (χ4n) is 3.04. The molecule has 1 aliphatic rings. The molecule has 0 spiro atoms. The van der Waals surface area contributed by atoms with E-state index < -0.39 is 17.9 Å². The third-order valence-electron chi connectivity index (χ3n) is 4.88. The Kier molecular flexibility index (Phi) is 8.04. The molecule has 8 nitrogen and oxygen atoms in total. The van der Waals surface area contributed by atoms with E-state index in [9.17, 15) is 14.7 Å². The number of pyridine rings is 1. The number of nitrogens with zero attached hydrogens (tertiary/aromatic N) is 1. The van der Waals surface area contributed by atoms with Gasteiger partial charge in [-0.1, -0.05) is 20.3 Å². The first kappa shape index (κ1) is 21.9. The molecule has 2 rings (SSSR count). The van der Waals surface area contributed by atoms with Gasteiger partial charge < -0.3 is 24.6 Å². The highest BCUT2D eigenvalue weighted by atomic mass is 16.5. The van der Waals surface area contributed by atoms with Crippen molar-refractivity contribution in [3.8, 4) is 11.5 Å². The number of aromatic nitrogens is 1. The maximum absolute atomic E-state index is 12.6. The van der Waals surface area contributed by atoms with Gasteiger partial charge in [-0.15, -0.1) is 0 Å². The van der Waals surface area contributed by atoms with E-state index in [0.717, 1.165) is 12.8 Å². The van der Waals surface area contributed by atoms with Crippen LogP contribution >= 0.6 is 0 Å². The van der Waals surface area contributed by atoms with Crippen LogP contribution in [0.2, 0.25) is 0 Å². The second-order valence-corrected chi connectivity index (χ2v) is 7.47. The number of methoxy groups -OCH3 is 1.